The van der Waals surface area contributed by atoms with Gasteiger partial charge in [0, 0.05) is 19.5 Å². The minimum absolute atomic E-state index is 0.0211. The number of thiophene rings is 1. The zero-order chi connectivity index (χ0) is 19.5. The Balaban J connectivity index is 1.58. The molecule has 0 radical (unpaired) electrons. The summed E-state index contributed by atoms with van der Waals surface area (Å²) in [5.74, 6) is 0.973. The van der Waals surface area contributed by atoms with Crippen molar-refractivity contribution in [1.29, 1.82) is 0 Å². The summed E-state index contributed by atoms with van der Waals surface area (Å²) < 4.78 is 2.27. The minimum atomic E-state index is -0.0211. The van der Waals surface area contributed by atoms with Crippen molar-refractivity contribution in [2.45, 2.75) is 26.8 Å². The van der Waals surface area contributed by atoms with Crippen LogP contribution in [0.5, 0.6) is 0 Å². The Bertz CT molecular complexity index is 1110. The number of carbonyl (C=O) groups is 1. The molecule has 1 N–H and O–H groups in total. The second kappa shape index (κ2) is 7.98. The highest BCUT2D eigenvalue weighted by Gasteiger charge is 2.13. The Morgan fingerprint density at radius 3 is 2.79 bits per heavy atom. The molecule has 0 spiro atoms. The molecule has 0 aliphatic carbocycles. The Labute approximate surface area is 168 Å². The molecule has 0 bridgehead atoms. The fourth-order valence-electron chi connectivity index (χ4n) is 3.42. The molecule has 0 saturated heterocycles. The van der Waals surface area contributed by atoms with Crippen LogP contribution in [0, 0.1) is 13.8 Å². The van der Waals surface area contributed by atoms with E-state index in [0.717, 1.165) is 28.3 Å². The predicted molar refractivity (Wildman–Crippen MR) is 115 cm³/mol. The van der Waals surface area contributed by atoms with E-state index in [1.54, 1.807) is 0 Å². The number of nitrogens with one attached hydrogen (secondary N) is 1. The number of nitrogens with zero attached hydrogens (tertiary/aromatic N) is 2. The van der Waals surface area contributed by atoms with E-state index in [0.29, 0.717) is 13.0 Å². The number of para-hydroxylation sites is 2. The van der Waals surface area contributed by atoms with Crippen molar-refractivity contribution in [3.63, 3.8) is 0 Å². The summed E-state index contributed by atoms with van der Waals surface area (Å²) in [7, 11) is 0. The van der Waals surface area contributed by atoms with Crippen molar-refractivity contribution < 1.29 is 4.79 Å². The molecule has 4 rings (SSSR count). The van der Waals surface area contributed by atoms with Gasteiger partial charge in [0.05, 0.1) is 15.9 Å². The van der Waals surface area contributed by atoms with Crippen LogP contribution in [0.4, 0.5) is 0 Å². The van der Waals surface area contributed by atoms with Gasteiger partial charge in [-0.25, -0.2) is 4.98 Å². The normalized spacial score (nSPS) is 11.1. The molecule has 0 unspecified atom stereocenters. The maximum absolute atomic E-state index is 12.2. The van der Waals surface area contributed by atoms with Crippen molar-refractivity contribution >= 4 is 28.3 Å². The van der Waals surface area contributed by atoms with Crippen LogP contribution >= 0.6 is 11.3 Å². The summed E-state index contributed by atoms with van der Waals surface area (Å²) in [5.41, 5.74) is 5.96. The maximum Gasteiger partial charge on any atom is 0.261 e. The third-order valence-corrected chi connectivity index (χ3v) is 5.81. The highest BCUT2D eigenvalue weighted by Crippen LogP contribution is 2.20. The van der Waals surface area contributed by atoms with Gasteiger partial charge in [0.2, 0.25) is 0 Å². The van der Waals surface area contributed by atoms with Crippen molar-refractivity contribution in [2.24, 2.45) is 0 Å². The van der Waals surface area contributed by atoms with Crippen LogP contribution in [0.1, 0.15) is 32.2 Å². The van der Waals surface area contributed by atoms with Crippen LogP contribution < -0.4 is 5.32 Å². The molecule has 142 valence electrons. The van der Waals surface area contributed by atoms with Crippen molar-refractivity contribution in [2.75, 3.05) is 6.54 Å². The van der Waals surface area contributed by atoms with Crippen molar-refractivity contribution in [3.05, 3.63) is 87.4 Å². The van der Waals surface area contributed by atoms with E-state index in [-0.39, 0.29) is 5.91 Å². The number of imidazole rings is 1. The average molecular weight is 390 g/mol. The lowest BCUT2D eigenvalue weighted by Gasteiger charge is -2.13. The van der Waals surface area contributed by atoms with Gasteiger partial charge in [-0.3, -0.25) is 4.79 Å². The van der Waals surface area contributed by atoms with Gasteiger partial charge >= 0.3 is 0 Å². The molecule has 0 atom stereocenters. The third kappa shape index (κ3) is 3.85. The molecule has 4 aromatic rings. The molecule has 4 nitrogen and oxygen atoms in total. The first kappa shape index (κ1) is 18.4. The molecule has 0 fully saturated rings. The van der Waals surface area contributed by atoms with Crippen LogP contribution in [0.15, 0.2) is 60.0 Å². The highest BCUT2D eigenvalue weighted by molar-refractivity contribution is 7.12. The van der Waals surface area contributed by atoms with Gasteiger partial charge in [0.15, 0.2) is 0 Å². The zero-order valence-corrected chi connectivity index (χ0v) is 16.9. The SMILES string of the molecule is Cc1ccc(C)c(Cn2c(CCNC(=O)c3cccs3)nc3ccccc32)c1. The minimum Gasteiger partial charge on any atom is -0.351 e. The van der Waals surface area contributed by atoms with Crippen LogP contribution in [-0.4, -0.2) is 22.0 Å². The van der Waals surface area contributed by atoms with Crippen molar-refractivity contribution in [1.82, 2.24) is 14.9 Å². The molecule has 0 aliphatic rings. The van der Waals surface area contributed by atoms with E-state index in [4.69, 9.17) is 4.98 Å². The van der Waals surface area contributed by atoms with Gasteiger partial charge in [-0.05, 0) is 48.6 Å². The second-order valence-corrected chi connectivity index (χ2v) is 7.96. The van der Waals surface area contributed by atoms with E-state index in [9.17, 15) is 4.79 Å². The van der Waals surface area contributed by atoms with Gasteiger partial charge < -0.3 is 9.88 Å². The molecule has 2 heterocycles. The Kier molecular flexibility index (Phi) is 5.26. The third-order valence-electron chi connectivity index (χ3n) is 4.95. The molecule has 0 aliphatic heterocycles. The predicted octanol–water partition coefficient (Wildman–Crippen LogP) is 4.74. The van der Waals surface area contributed by atoms with Crippen LogP contribution in [0.3, 0.4) is 0 Å². The lowest BCUT2D eigenvalue weighted by Crippen LogP contribution is -2.25. The smallest absolute Gasteiger partial charge is 0.261 e. The molecule has 1 amide bonds. The number of hydrogen-bond donors (Lipinski definition) is 1. The van der Waals surface area contributed by atoms with Gasteiger partial charge in [-0.15, -0.1) is 11.3 Å². The lowest BCUT2D eigenvalue weighted by molar-refractivity contribution is 0.0958. The largest absolute Gasteiger partial charge is 0.351 e. The van der Waals surface area contributed by atoms with Gasteiger partial charge in [0.1, 0.15) is 5.82 Å². The summed E-state index contributed by atoms with van der Waals surface area (Å²) >= 11 is 1.46. The van der Waals surface area contributed by atoms with Crippen LogP contribution in [0.2, 0.25) is 0 Å². The number of fused-ring (bicyclic) bond motifs is 1. The van der Waals surface area contributed by atoms with E-state index in [2.05, 4.69) is 48.0 Å². The zero-order valence-electron chi connectivity index (χ0n) is 16.1. The highest BCUT2D eigenvalue weighted by atomic mass is 32.1. The fourth-order valence-corrected chi connectivity index (χ4v) is 4.06. The summed E-state index contributed by atoms with van der Waals surface area (Å²) in [4.78, 5) is 17.8. The van der Waals surface area contributed by atoms with E-state index in [1.165, 1.54) is 28.0 Å². The number of hydrogen-bond acceptors (Lipinski definition) is 3. The summed E-state index contributed by atoms with van der Waals surface area (Å²) in [6.07, 6.45) is 0.691. The molecule has 5 heteroatoms. The molecular weight excluding hydrogens is 366 g/mol. The average Bonchev–Trinajstić information content (AvgIpc) is 3.34. The topological polar surface area (TPSA) is 46.9 Å². The summed E-state index contributed by atoms with van der Waals surface area (Å²) in [6, 6.07) is 18.5. The first-order valence-electron chi connectivity index (χ1n) is 9.44. The molecule has 2 aromatic carbocycles. The van der Waals surface area contributed by atoms with Crippen molar-refractivity contribution in [3.8, 4) is 0 Å². The summed E-state index contributed by atoms with van der Waals surface area (Å²) in [6.45, 7) is 5.61. The van der Waals surface area contributed by atoms with Gasteiger partial charge in [0.25, 0.3) is 5.91 Å². The Morgan fingerprint density at radius 2 is 1.96 bits per heavy atom. The van der Waals surface area contributed by atoms with Crippen LogP contribution in [-0.2, 0) is 13.0 Å². The Morgan fingerprint density at radius 1 is 1.11 bits per heavy atom. The maximum atomic E-state index is 12.2. The monoisotopic (exact) mass is 389 g/mol. The quantitative estimate of drug-likeness (QED) is 0.518. The second-order valence-electron chi connectivity index (χ2n) is 7.02. The number of amides is 1. The number of aryl methyl sites for hydroxylation is 2. The van der Waals surface area contributed by atoms with E-state index >= 15 is 0 Å². The number of aromatic nitrogens is 2. The lowest BCUT2D eigenvalue weighted by atomic mass is 10.1. The van der Waals surface area contributed by atoms with Gasteiger partial charge in [-0.1, -0.05) is 42.0 Å². The first-order valence-corrected chi connectivity index (χ1v) is 10.3. The number of carbonyl (C=O) groups excluding carboxylic acids is 1. The summed E-state index contributed by atoms with van der Waals surface area (Å²) in [5, 5.41) is 4.92. The fraction of sp³-hybridized carbons (Fsp3) is 0.217. The number of rotatable bonds is 6. The van der Waals surface area contributed by atoms with Gasteiger partial charge in [-0.2, -0.15) is 0 Å². The number of benzene rings is 2. The standard InChI is InChI=1S/C23H23N3OS/c1-16-9-10-17(2)18(14-16)15-26-20-7-4-3-6-19(20)25-22(26)11-12-24-23(27)21-8-5-13-28-21/h3-10,13-14H,11-12,15H2,1-2H3,(H,24,27). The molecular formula is C23H23N3OS. The molecule has 28 heavy (non-hydrogen) atoms. The first-order chi connectivity index (χ1) is 13.6. The van der Waals surface area contributed by atoms with Crippen LogP contribution in [0.25, 0.3) is 11.0 Å². The van der Waals surface area contributed by atoms with E-state index in [1.807, 2.05) is 35.7 Å². The molecule has 0 saturated carbocycles. The molecule has 2 aromatic heterocycles. The van der Waals surface area contributed by atoms with E-state index < -0.39 is 0 Å². The Hall–Kier alpha value is -2.92.